The maximum atomic E-state index is 11.9. The summed E-state index contributed by atoms with van der Waals surface area (Å²) in [7, 11) is 0. The summed E-state index contributed by atoms with van der Waals surface area (Å²) in [6.45, 7) is 0. The first-order valence-corrected chi connectivity index (χ1v) is 7.33. The molecule has 0 atom stereocenters. The molecule has 0 aromatic heterocycles. The van der Waals surface area contributed by atoms with Gasteiger partial charge in [-0.05, 0) is 36.8 Å². The largest absolute Gasteiger partial charge is 0.294 e. The monoisotopic (exact) mass is 266 g/mol. The van der Waals surface area contributed by atoms with Gasteiger partial charge in [-0.2, -0.15) is 0 Å². The Kier molecular flexibility index (Phi) is 3.64. The van der Waals surface area contributed by atoms with Crippen molar-refractivity contribution in [3.05, 3.63) is 47.5 Å². The first kappa shape index (κ1) is 13.0. The number of hydrogen-bond acceptors (Lipinski definition) is 2. The number of Topliss-reactive ketones (excluding diaryl/α,β-unsaturated/α-hetero) is 2. The Morgan fingerprint density at radius 1 is 0.650 bits per heavy atom. The van der Waals surface area contributed by atoms with Crippen molar-refractivity contribution in [2.45, 2.75) is 38.5 Å². The third-order valence-electron chi connectivity index (χ3n) is 4.02. The highest BCUT2D eigenvalue weighted by Gasteiger charge is 2.17. The van der Waals surface area contributed by atoms with Gasteiger partial charge in [-0.3, -0.25) is 9.59 Å². The molecule has 20 heavy (non-hydrogen) atoms. The molecular formula is C18H18O2. The third-order valence-corrected chi connectivity index (χ3v) is 4.02. The van der Waals surface area contributed by atoms with Crippen molar-refractivity contribution in [2.24, 2.45) is 0 Å². The number of rotatable bonds is 2. The minimum Gasteiger partial charge on any atom is -0.294 e. The number of allylic oxidation sites excluding steroid dienone is 4. The molecule has 102 valence electrons. The van der Waals surface area contributed by atoms with E-state index < -0.39 is 0 Å². The van der Waals surface area contributed by atoms with Crippen molar-refractivity contribution < 1.29 is 9.59 Å². The second-order valence-corrected chi connectivity index (χ2v) is 5.44. The van der Waals surface area contributed by atoms with E-state index in [2.05, 4.69) is 0 Å². The fourth-order valence-electron chi connectivity index (χ4n) is 2.90. The smallest absolute Gasteiger partial charge is 0.163 e. The first-order chi connectivity index (χ1) is 9.75. The van der Waals surface area contributed by atoms with Gasteiger partial charge in [0.15, 0.2) is 11.6 Å². The van der Waals surface area contributed by atoms with Gasteiger partial charge in [0.1, 0.15) is 0 Å². The van der Waals surface area contributed by atoms with E-state index in [-0.39, 0.29) is 11.6 Å². The van der Waals surface area contributed by atoms with E-state index in [0.29, 0.717) is 12.8 Å². The van der Waals surface area contributed by atoms with Crippen LogP contribution in [0.15, 0.2) is 36.4 Å². The molecule has 0 bridgehead atoms. The van der Waals surface area contributed by atoms with E-state index in [1.54, 1.807) is 0 Å². The summed E-state index contributed by atoms with van der Waals surface area (Å²) in [5, 5.41) is 0. The van der Waals surface area contributed by atoms with Crippen molar-refractivity contribution in [3.63, 3.8) is 0 Å². The SMILES string of the molecule is O=C1CCCC=C1c1ccc(C2=CCCCC2=O)cc1. The molecule has 2 aliphatic carbocycles. The second kappa shape index (κ2) is 5.58. The zero-order valence-electron chi connectivity index (χ0n) is 11.5. The van der Waals surface area contributed by atoms with Gasteiger partial charge in [0.2, 0.25) is 0 Å². The molecule has 0 heterocycles. The molecule has 0 amide bonds. The van der Waals surface area contributed by atoms with Crippen molar-refractivity contribution in [1.82, 2.24) is 0 Å². The summed E-state index contributed by atoms with van der Waals surface area (Å²) < 4.78 is 0. The fourth-order valence-corrected chi connectivity index (χ4v) is 2.90. The fraction of sp³-hybridized carbons (Fsp3) is 0.333. The minimum atomic E-state index is 0.233. The molecule has 0 saturated carbocycles. The van der Waals surface area contributed by atoms with Crippen molar-refractivity contribution in [3.8, 4) is 0 Å². The Morgan fingerprint density at radius 2 is 1.05 bits per heavy atom. The zero-order valence-corrected chi connectivity index (χ0v) is 11.5. The Balaban J connectivity index is 1.88. The zero-order chi connectivity index (χ0) is 13.9. The van der Waals surface area contributed by atoms with Crippen LogP contribution in [0, 0.1) is 0 Å². The Labute approximate surface area is 119 Å². The van der Waals surface area contributed by atoms with Gasteiger partial charge in [0, 0.05) is 24.0 Å². The van der Waals surface area contributed by atoms with Crippen LogP contribution in [0.5, 0.6) is 0 Å². The molecule has 3 rings (SSSR count). The topological polar surface area (TPSA) is 34.1 Å². The summed E-state index contributed by atoms with van der Waals surface area (Å²) >= 11 is 0. The van der Waals surface area contributed by atoms with Gasteiger partial charge in [-0.15, -0.1) is 0 Å². The van der Waals surface area contributed by atoms with E-state index in [1.807, 2.05) is 36.4 Å². The Bertz CT molecular complexity index is 548. The van der Waals surface area contributed by atoms with E-state index in [1.165, 1.54) is 0 Å². The molecule has 2 aliphatic rings. The molecule has 0 spiro atoms. The molecule has 0 fully saturated rings. The molecule has 1 aromatic rings. The average molecular weight is 266 g/mol. The lowest BCUT2D eigenvalue weighted by Crippen LogP contribution is -2.07. The first-order valence-electron chi connectivity index (χ1n) is 7.33. The molecule has 0 N–H and O–H groups in total. The molecule has 2 heteroatoms. The van der Waals surface area contributed by atoms with Crippen molar-refractivity contribution in [1.29, 1.82) is 0 Å². The maximum Gasteiger partial charge on any atom is 0.163 e. The van der Waals surface area contributed by atoms with Crippen LogP contribution in [0.25, 0.3) is 11.1 Å². The number of carbonyl (C=O) groups is 2. The third kappa shape index (κ3) is 2.51. The van der Waals surface area contributed by atoms with Crippen LogP contribution in [0.4, 0.5) is 0 Å². The highest BCUT2D eigenvalue weighted by Crippen LogP contribution is 2.27. The van der Waals surface area contributed by atoms with E-state index in [0.717, 1.165) is 48.0 Å². The molecule has 0 unspecified atom stereocenters. The van der Waals surface area contributed by atoms with Gasteiger partial charge < -0.3 is 0 Å². The number of carbonyl (C=O) groups excluding carboxylic acids is 2. The predicted octanol–water partition coefficient (Wildman–Crippen LogP) is 3.96. The van der Waals surface area contributed by atoms with Gasteiger partial charge >= 0.3 is 0 Å². The van der Waals surface area contributed by atoms with Crippen LogP contribution in [-0.4, -0.2) is 11.6 Å². The summed E-state index contributed by atoms with van der Waals surface area (Å²) in [6, 6.07) is 7.86. The standard InChI is InChI=1S/C18H18O2/c19-17-7-3-1-5-15(17)13-9-11-14(12-10-13)16-6-2-4-8-18(16)20/h5-6,9-12H,1-4,7-8H2. The molecule has 0 saturated heterocycles. The normalized spacial score (nSPS) is 19.6. The van der Waals surface area contributed by atoms with Gasteiger partial charge in [-0.1, -0.05) is 36.4 Å². The molecule has 2 nitrogen and oxygen atoms in total. The van der Waals surface area contributed by atoms with Crippen molar-refractivity contribution in [2.75, 3.05) is 0 Å². The van der Waals surface area contributed by atoms with Crippen LogP contribution in [-0.2, 0) is 9.59 Å². The maximum absolute atomic E-state index is 11.9. The molecule has 0 aliphatic heterocycles. The van der Waals surface area contributed by atoms with Crippen molar-refractivity contribution >= 4 is 22.7 Å². The number of hydrogen-bond donors (Lipinski definition) is 0. The predicted molar refractivity (Wildman–Crippen MR) is 80.1 cm³/mol. The van der Waals surface area contributed by atoms with Crippen LogP contribution in [0.1, 0.15) is 49.7 Å². The van der Waals surface area contributed by atoms with E-state index >= 15 is 0 Å². The molecule has 0 radical (unpaired) electrons. The molecular weight excluding hydrogens is 248 g/mol. The van der Waals surface area contributed by atoms with E-state index in [4.69, 9.17) is 0 Å². The summed E-state index contributed by atoms with van der Waals surface area (Å²) in [5.74, 6) is 0.467. The Morgan fingerprint density at radius 3 is 1.40 bits per heavy atom. The van der Waals surface area contributed by atoms with Crippen LogP contribution in [0.2, 0.25) is 0 Å². The van der Waals surface area contributed by atoms with Crippen LogP contribution >= 0.6 is 0 Å². The summed E-state index contributed by atoms with van der Waals surface area (Å²) in [5.41, 5.74) is 3.63. The Hall–Kier alpha value is -1.96. The van der Waals surface area contributed by atoms with Gasteiger partial charge in [0.05, 0.1) is 0 Å². The van der Waals surface area contributed by atoms with Crippen LogP contribution < -0.4 is 0 Å². The lowest BCUT2D eigenvalue weighted by molar-refractivity contribution is -0.114. The number of ketones is 2. The second-order valence-electron chi connectivity index (χ2n) is 5.44. The number of benzene rings is 1. The summed E-state index contributed by atoms with van der Waals surface area (Å²) in [6.07, 6.45) is 9.24. The molecule has 1 aromatic carbocycles. The lowest BCUT2D eigenvalue weighted by Gasteiger charge is -2.14. The van der Waals surface area contributed by atoms with Crippen LogP contribution in [0.3, 0.4) is 0 Å². The lowest BCUT2D eigenvalue weighted by atomic mass is 9.89. The minimum absolute atomic E-state index is 0.233. The highest BCUT2D eigenvalue weighted by atomic mass is 16.1. The quantitative estimate of drug-likeness (QED) is 0.812. The van der Waals surface area contributed by atoms with Gasteiger partial charge in [0.25, 0.3) is 0 Å². The van der Waals surface area contributed by atoms with E-state index in [9.17, 15) is 9.59 Å². The average Bonchev–Trinajstić information content (AvgIpc) is 2.49. The highest BCUT2D eigenvalue weighted by molar-refractivity contribution is 6.22. The van der Waals surface area contributed by atoms with Gasteiger partial charge in [-0.25, -0.2) is 0 Å². The summed E-state index contributed by atoms with van der Waals surface area (Å²) in [4.78, 5) is 23.8.